The predicted molar refractivity (Wildman–Crippen MR) is 105 cm³/mol. The molecule has 3 rings (SSSR count). The van der Waals surface area contributed by atoms with E-state index < -0.39 is 24.1 Å². The van der Waals surface area contributed by atoms with Gasteiger partial charge in [0.1, 0.15) is 5.82 Å². The summed E-state index contributed by atoms with van der Waals surface area (Å²) in [6.45, 7) is 3.71. The minimum atomic E-state index is -3.77. The number of nitrogens with one attached hydrogen (secondary N) is 2. The number of carbonyl (C=O) groups is 2. The fourth-order valence-electron chi connectivity index (χ4n) is 2.56. The molecule has 0 aliphatic carbocycles. The Kier molecular flexibility index (Phi) is 6.59. The third kappa shape index (κ3) is 6.05. The molecule has 0 aromatic heterocycles. The van der Waals surface area contributed by atoms with Gasteiger partial charge in [-0.1, -0.05) is 18.2 Å². The first-order chi connectivity index (χ1) is 14.6. The molecular formula is C20H16ClF3N2O5. The van der Waals surface area contributed by atoms with Gasteiger partial charge in [0, 0.05) is 16.9 Å². The maximum Gasteiger partial charge on any atom is 0.586 e. The molecule has 2 amide bonds. The van der Waals surface area contributed by atoms with Crippen LogP contribution in [0.15, 0.2) is 48.7 Å². The van der Waals surface area contributed by atoms with Crippen molar-refractivity contribution in [3.05, 3.63) is 65.1 Å². The second-order valence-electron chi connectivity index (χ2n) is 6.38. The highest BCUT2D eigenvalue weighted by Crippen LogP contribution is 2.41. The molecule has 0 bridgehead atoms. The molecule has 2 N–H and O–H groups in total. The zero-order chi connectivity index (χ0) is 22.6. The van der Waals surface area contributed by atoms with Crippen LogP contribution in [0.1, 0.15) is 23.2 Å². The number of ether oxygens (including phenoxy) is 3. The number of hydrogen-bond donors (Lipinski definition) is 2. The predicted octanol–water partition coefficient (Wildman–Crippen LogP) is 5.07. The van der Waals surface area contributed by atoms with Crippen LogP contribution in [0.4, 0.5) is 23.7 Å². The van der Waals surface area contributed by atoms with Crippen LogP contribution < -0.4 is 20.1 Å². The van der Waals surface area contributed by atoms with Crippen LogP contribution in [-0.4, -0.2) is 24.9 Å². The quantitative estimate of drug-likeness (QED) is 0.568. The second-order valence-corrected chi connectivity index (χ2v) is 6.79. The number of benzene rings is 2. The summed E-state index contributed by atoms with van der Waals surface area (Å²) in [4.78, 5) is 23.9. The van der Waals surface area contributed by atoms with Gasteiger partial charge in [0.15, 0.2) is 11.5 Å². The zero-order valence-corrected chi connectivity index (χ0v) is 16.6. The fourth-order valence-corrected chi connectivity index (χ4v) is 2.68. The smallest absolute Gasteiger partial charge is 0.449 e. The van der Waals surface area contributed by atoms with E-state index in [4.69, 9.17) is 16.3 Å². The van der Waals surface area contributed by atoms with Gasteiger partial charge in [-0.3, -0.25) is 10.1 Å². The summed E-state index contributed by atoms with van der Waals surface area (Å²) in [5, 5.41) is 4.80. The van der Waals surface area contributed by atoms with E-state index in [0.717, 1.165) is 12.1 Å². The fraction of sp³-hybridized carbons (Fsp3) is 0.200. The summed E-state index contributed by atoms with van der Waals surface area (Å²) in [5.74, 6) is -1.67. The molecular weight excluding hydrogens is 441 g/mol. The second kappa shape index (κ2) is 9.17. The number of amides is 2. The average Bonchev–Trinajstić information content (AvgIpc) is 3.01. The van der Waals surface area contributed by atoms with Gasteiger partial charge < -0.3 is 19.5 Å². The van der Waals surface area contributed by atoms with Crippen molar-refractivity contribution in [1.82, 2.24) is 5.32 Å². The van der Waals surface area contributed by atoms with Gasteiger partial charge in [-0.25, -0.2) is 9.18 Å². The lowest BCUT2D eigenvalue weighted by Gasteiger charge is -2.10. The Balaban J connectivity index is 1.39. The molecule has 31 heavy (non-hydrogen) atoms. The number of anilines is 1. The molecule has 0 unspecified atom stereocenters. The molecule has 0 saturated carbocycles. The van der Waals surface area contributed by atoms with Crippen LogP contribution in [0.3, 0.4) is 0 Å². The molecule has 0 fully saturated rings. The minimum Gasteiger partial charge on any atom is -0.449 e. The van der Waals surface area contributed by atoms with Crippen molar-refractivity contribution >= 4 is 29.3 Å². The summed E-state index contributed by atoms with van der Waals surface area (Å²) >= 11 is 5.56. The highest BCUT2D eigenvalue weighted by atomic mass is 35.5. The van der Waals surface area contributed by atoms with Crippen LogP contribution in [0, 0.1) is 5.82 Å². The summed E-state index contributed by atoms with van der Waals surface area (Å²) in [5.41, 5.74) is 0.592. The van der Waals surface area contributed by atoms with E-state index in [1.165, 1.54) is 24.3 Å². The summed E-state index contributed by atoms with van der Waals surface area (Å²) < 4.78 is 53.0. The first-order valence-electron chi connectivity index (χ1n) is 8.91. The van der Waals surface area contributed by atoms with E-state index in [1.807, 2.05) is 0 Å². The minimum absolute atomic E-state index is 0.00982. The van der Waals surface area contributed by atoms with Gasteiger partial charge in [-0.15, -0.1) is 8.78 Å². The van der Waals surface area contributed by atoms with Crippen molar-refractivity contribution in [2.45, 2.75) is 19.1 Å². The van der Waals surface area contributed by atoms with E-state index in [-0.39, 0.29) is 40.8 Å². The molecule has 2 aromatic carbocycles. The topological polar surface area (TPSA) is 85.9 Å². The van der Waals surface area contributed by atoms with E-state index in [2.05, 4.69) is 26.7 Å². The Bertz CT molecular complexity index is 1030. The van der Waals surface area contributed by atoms with Crippen LogP contribution in [0.5, 0.6) is 11.5 Å². The molecule has 0 radical (unpaired) electrons. The molecule has 1 aliphatic rings. The molecule has 0 saturated heterocycles. The van der Waals surface area contributed by atoms with E-state index in [0.29, 0.717) is 12.1 Å². The number of allylic oxidation sites excluding steroid dienone is 1. The third-order valence-corrected chi connectivity index (χ3v) is 4.28. The Hall–Kier alpha value is -3.40. The largest absolute Gasteiger partial charge is 0.586 e. The van der Waals surface area contributed by atoms with Crippen molar-refractivity contribution in [2.75, 3.05) is 11.9 Å². The highest BCUT2D eigenvalue weighted by Gasteiger charge is 2.43. The SMILES string of the molecule is C=C(CCCOC(=O)Nc1ccc(Cl)c(F)c1)NC(=O)c1ccc2c(c1)OC(F)(F)O2. The van der Waals surface area contributed by atoms with E-state index >= 15 is 0 Å². The van der Waals surface area contributed by atoms with Gasteiger partial charge in [0.05, 0.1) is 11.6 Å². The van der Waals surface area contributed by atoms with Crippen LogP contribution >= 0.6 is 11.6 Å². The Labute approximate surface area is 179 Å². The zero-order valence-electron chi connectivity index (χ0n) is 15.8. The van der Waals surface area contributed by atoms with Crippen molar-refractivity contribution in [3.63, 3.8) is 0 Å². The van der Waals surface area contributed by atoms with Crippen molar-refractivity contribution in [2.24, 2.45) is 0 Å². The lowest BCUT2D eigenvalue weighted by molar-refractivity contribution is -0.286. The summed E-state index contributed by atoms with van der Waals surface area (Å²) in [6.07, 6.45) is -3.92. The number of fused-ring (bicyclic) bond motifs is 1. The van der Waals surface area contributed by atoms with Crippen molar-refractivity contribution in [1.29, 1.82) is 0 Å². The van der Waals surface area contributed by atoms with Gasteiger partial charge in [0.25, 0.3) is 5.91 Å². The molecule has 0 spiro atoms. The number of alkyl halides is 2. The molecule has 7 nitrogen and oxygen atoms in total. The van der Waals surface area contributed by atoms with E-state index in [1.54, 1.807) is 0 Å². The standard InChI is InChI=1S/C20H16ClF3N2O5/c1-11(3-2-8-29-19(28)26-13-5-6-14(21)15(22)10-13)25-18(27)12-4-7-16-17(9-12)31-20(23,24)30-16/h4-7,9-10H,1-3,8H2,(H,25,27)(H,26,28). The molecule has 1 aliphatic heterocycles. The molecule has 164 valence electrons. The van der Waals surface area contributed by atoms with E-state index in [9.17, 15) is 22.8 Å². The van der Waals surface area contributed by atoms with Crippen LogP contribution in [0.25, 0.3) is 0 Å². The Morgan fingerprint density at radius 3 is 2.61 bits per heavy atom. The van der Waals surface area contributed by atoms with Gasteiger partial charge in [0.2, 0.25) is 0 Å². The normalized spacial score (nSPS) is 13.4. The lowest BCUT2D eigenvalue weighted by Crippen LogP contribution is -2.26. The first-order valence-corrected chi connectivity index (χ1v) is 9.28. The first kappa shape index (κ1) is 22.3. The number of halogens is 4. The Morgan fingerprint density at radius 2 is 1.87 bits per heavy atom. The van der Waals surface area contributed by atoms with Gasteiger partial charge in [-0.2, -0.15) is 0 Å². The number of hydrogen-bond acceptors (Lipinski definition) is 5. The maximum atomic E-state index is 13.3. The number of carbonyl (C=O) groups excluding carboxylic acids is 2. The van der Waals surface area contributed by atoms with Gasteiger partial charge in [-0.05, 0) is 49.2 Å². The molecule has 0 atom stereocenters. The monoisotopic (exact) mass is 456 g/mol. The van der Waals surface area contributed by atoms with Crippen molar-refractivity contribution < 1.29 is 37.0 Å². The van der Waals surface area contributed by atoms with Crippen LogP contribution in [0.2, 0.25) is 5.02 Å². The third-order valence-electron chi connectivity index (χ3n) is 3.98. The van der Waals surface area contributed by atoms with Crippen LogP contribution in [-0.2, 0) is 4.74 Å². The number of rotatable bonds is 7. The van der Waals surface area contributed by atoms with Crippen molar-refractivity contribution in [3.8, 4) is 11.5 Å². The molecule has 1 heterocycles. The highest BCUT2D eigenvalue weighted by molar-refractivity contribution is 6.30. The Morgan fingerprint density at radius 1 is 1.13 bits per heavy atom. The summed E-state index contributed by atoms with van der Waals surface area (Å²) in [7, 11) is 0. The maximum absolute atomic E-state index is 13.3. The average molecular weight is 457 g/mol. The lowest BCUT2D eigenvalue weighted by atomic mass is 10.1. The molecule has 11 heteroatoms. The molecule has 2 aromatic rings. The summed E-state index contributed by atoms with van der Waals surface area (Å²) in [6, 6.07) is 7.41. The van der Waals surface area contributed by atoms with Gasteiger partial charge >= 0.3 is 12.4 Å².